The molecule has 2 N–H and O–H groups in total. The Kier molecular flexibility index (Phi) is 7.81. The van der Waals surface area contributed by atoms with Crippen LogP contribution in [0.3, 0.4) is 0 Å². The number of hydrazone groups is 1. The van der Waals surface area contributed by atoms with Crippen molar-refractivity contribution >= 4 is 39.6 Å². The number of nitrogens with one attached hydrogen (secondary N) is 2. The molecule has 27 heavy (non-hydrogen) atoms. The van der Waals surface area contributed by atoms with Crippen molar-refractivity contribution in [3.05, 3.63) is 52.5 Å². The summed E-state index contributed by atoms with van der Waals surface area (Å²) >= 11 is 3.38. The van der Waals surface area contributed by atoms with Crippen molar-refractivity contribution in [3.63, 3.8) is 0 Å². The summed E-state index contributed by atoms with van der Waals surface area (Å²) in [4.78, 5) is 23.8. The third kappa shape index (κ3) is 6.74. The van der Waals surface area contributed by atoms with Crippen LogP contribution in [0, 0.1) is 0 Å². The fourth-order valence-electron chi connectivity index (χ4n) is 2.15. The molecule has 0 aliphatic carbocycles. The molecular weight excluding hydrogens is 414 g/mol. The lowest BCUT2D eigenvalue weighted by atomic mass is 10.2. The van der Waals surface area contributed by atoms with Gasteiger partial charge in [-0.05, 0) is 49.4 Å². The SMILES string of the molecule is CCOc1ccc(Br)cc1C=NNC(=O)CC(=O)Nc1ccc(OC)cc1. The second-order valence-electron chi connectivity index (χ2n) is 5.36. The van der Waals surface area contributed by atoms with Crippen LogP contribution in [0.2, 0.25) is 0 Å². The molecule has 0 radical (unpaired) electrons. The summed E-state index contributed by atoms with van der Waals surface area (Å²) < 4.78 is 11.4. The molecule has 0 aliphatic heterocycles. The number of carbonyl (C=O) groups is 2. The maximum absolute atomic E-state index is 11.9. The molecule has 142 valence electrons. The van der Waals surface area contributed by atoms with Crippen LogP contribution in [0.15, 0.2) is 52.0 Å². The van der Waals surface area contributed by atoms with Gasteiger partial charge >= 0.3 is 0 Å². The van der Waals surface area contributed by atoms with E-state index in [-0.39, 0.29) is 6.42 Å². The highest BCUT2D eigenvalue weighted by atomic mass is 79.9. The smallest absolute Gasteiger partial charge is 0.249 e. The van der Waals surface area contributed by atoms with Gasteiger partial charge < -0.3 is 14.8 Å². The first kappa shape index (κ1) is 20.4. The van der Waals surface area contributed by atoms with Crippen molar-refractivity contribution in [2.45, 2.75) is 13.3 Å². The Balaban J connectivity index is 1.87. The minimum absolute atomic E-state index is 0.347. The number of benzene rings is 2. The zero-order chi connectivity index (χ0) is 19.6. The van der Waals surface area contributed by atoms with Crippen molar-refractivity contribution in [3.8, 4) is 11.5 Å². The predicted octanol–water partition coefficient (Wildman–Crippen LogP) is 3.34. The fourth-order valence-corrected chi connectivity index (χ4v) is 2.52. The first-order valence-corrected chi connectivity index (χ1v) is 8.99. The summed E-state index contributed by atoms with van der Waals surface area (Å²) in [7, 11) is 1.56. The van der Waals surface area contributed by atoms with E-state index in [4.69, 9.17) is 9.47 Å². The molecule has 0 atom stereocenters. The van der Waals surface area contributed by atoms with Crippen LogP contribution in [0.25, 0.3) is 0 Å². The minimum Gasteiger partial charge on any atom is -0.497 e. The first-order valence-electron chi connectivity index (χ1n) is 8.20. The summed E-state index contributed by atoms with van der Waals surface area (Å²) in [6.45, 7) is 2.40. The van der Waals surface area contributed by atoms with Crippen molar-refractivity contribution in [2.24, 2.45) is 5.10 Å². The number of halogens is 1. The summed E-state index contributed by atoms with van der Waals surface area (Å²) in [6, 6.07) is 12.3. The molecule has 0 unspecified atom stereocenters. The lowest BCUT2D eigenvalue weighted by molar-refractivity contribution is -0.126. The maximum Gasteiger partial charge on any atom is 0.249 e. The largest absolute Gasteiger partial charge is 0.497 e. The zero-order valence-electron chi connectivity index (χ0n) is 15.0. The lowest BCUT2D eigenvalue weighted by Crippen LogP contribution is -2.24. The molecule has 2 amide bonds. The van der Waals surface area contributed by atoms with Gasteiger partial charge in [-0.3, -0.25) is 9.59 Å². The van der Waals surface area contributed by atoms with Gasteiger partial charge in [-0.25, -0.2) is 5.43 Å². The summed E-state index contributed by atoms with van der Waals surface area (Å²) in [5, 5.41) is 6.52. The third-order valence-electron chi connectivity index (χ3n) is 3.36. The van der Waals surface area contributed by atoms with Gasteiger partial charge in [0.25, 0.3) is 0 Å². The van der Waals surface area contributed by atoms with E-state index in [1.807, 2.05) is 19.1 Å². The fraction of sp³-hybridized carbons (Fsp3) is 0.211. The second-order valence-corrected chi connectivity index (χ2v) is 6.28. The Bertz CT molecular complexity index is 822. The van der Waals surface area contributed by atoms with Gasteiger partial charge in [0, 0.05) is 15.7 Å². The number of anilines is 1. The average Bonchev–Trinajstić information content (AvgIpc) is 2.64. The predicted molar refractivity (Wildman–Crippen MR) is 107 cm³/mol. The van der Waals surface area contributed by atoms with E-state index in [1.54, 1.807) is 37.4 Å². The van der Waals surface area contributed by atoms with Crippen molar-refractivity contribution in [1.82, 2.24) is 5.43 Å². The Morgan fingerprint density at radius 2 is 1.89 bits per heavy atom. The van der Waals surface area contributed by atoms with Crippen molar-refractivity contribution in [1.29, 1.82) is 0 Å². The van der Waals surface area contributed by atoms with Crippen LogP contribution >= 0.6 is 15.9 Å². The molecule has 8 heteroatoms. The van der Waals surface area contributed by atoms with E-state index in [0.29, 0.717) is 29.4 Å². The quantitative estimate of drug-likeness (QED) is 0.379. The normalized spacial score (nSPS) is 10.5. The van der Waals surface area contributed by atoms with E-state index < -0.39 is 11.8 Å². The Hall–Kier alpha value is -2.87. The highest BCUT2D eigenvalue weighted by Crippen LogP contribution is 2.21. The van der Waals surface area contributed by atoms with Crippen molar-refractivity contribution in [2.75, 3.05) is 19.0 Å². The summed E-state index contributed by atoms with van der Waals surface area (Å²) in [5.41, 5.74) is 3.61. The first-order chi connectivity index (χ1) is 13.0. The Morgan fingerprint density at radius 3 is 2.56 bits per heavy atom. The van der Waals surface area contributed by atoms with Crippen LogP contribution in [0.1, 0.15) is 18.9 Å². The number of hydrogen-bond donors (Lipinski definition) is 2. The van der Waals surface area contributed by atoms with Gasteiger partial charge in [-0.1, -0.05) is 15.9 Å². The number of nitrogens with zero attached hydrogens (tertiary/aromatic N) is 1. The van der Waals surface area contributed by atoms with Gasteiger partial charge in [0.2, 0.25) is 11.8 Å². The second kappa shape index (κ2) is 10.3. The Labute approximate surface area is 165 Å². The molecular formula is C19H20BrN3O4. The van der Waals surface area contributed by atoms with Crippen LogP contribution in [-0.2, 0) is 9.59 Å². The average molecular weight is 434 g/mol. The minimum atomic E-state index is -0.523. The van der Waals surface area contributed by atoms with E-state index in [0.717, 1.165) is 4.47 Å². The molecule has 7 nitrogen and oxygen atoms in total. The van der Waals surface area contributed by atoms with Crippen LogP contribution in [0.4, 0.5) is 5.69 Å². The molecule has 0 saturated carbocycles. The zero-order valence-corrected chi connectivity index (χ0v) is 16.6. The number of rotatable bonds is 8. The molecule has 0 aromatic heterocycles. The molecule has 0 aliphatic rings. The molecule has 2 rings (SSSR count). The number of methoxy groups -OCH3 is 1. The van der Waals surface area contributed by atoms with Crippen molar-refractivity contribution < 1.29 is 19.1 Å². The van der Waals surface area contributed by atoms with Crippen LogP contribution in [-0.4, -0.2) is 31.7 Å². The van der Waals surface area contributed by atoms with Gasteiger partial charge in [0.1, 0.15) is 17.9 Å². The number of amides is 2. The number of carbonyl (C=O) groups excluding carboxylic acids is 2. The number of hydrogen-bond acceptors (Lipinski definition) is 5. The van der Waals surface area contributed by atoms with E-state index >= 15 is 0 Å². The molecule has 2 aromatic carbocycles. The third-order valence-corrected chi connectivity index (χ3v) is 3.85. The maximum atomic E-state index is 11.9. The highest BCUT2D eigenvalue weighted by molar-refractivity contribution is 9.10. The van der Waals surface area contributed by atoms with Gasteiger partial charge in [-0.15, -0.1) is 0 Å². The van der Waals surface area contributed by atoms with E-state index in [9.17, 15) is 9.59 Å². The molecule has 2 aromatic rings. The van der Waals surface area contributed by atoms with E-state index in [2.05, 4.69) is 31.8 Å². The summed E-state index contributed by atoms with van der Waals surface area (Å²) in [6.07, 6.45) is 1.12. The Morgan fingerprint density at radius 1 is 1.15 bits per heavy atom. The van der Waals surface area contributed by atoms with Crippen LogP contribution < -0.4 is 20.2 Å². The van der Waals surface area contributed by atoms with E-state index in [1.165, 1.54) is 6.21 Å². The summed E-state index contributed by atoms with van der Waals surface area (Å²) in [5.74, 6) is 0.366. The molecule has 0 heterocycles. The monoisotopic (exact) mass is 433 g/mol. The standard InChI is InChI=1S/C19H20BrN3O4/c1-3-27-17-9-4-14(20)10-13(17)12-21-23-19(25)11-18(24)22-15-5-7-16(26-2)8-6-15/h4-10,12H,3,11H2,1-2H3,(H,22,24)(H,23,25). The lowest BCUT2D eigenvalue weighted by Gasteiger charge is -2.07. The molecule has 0 saturated heterocycles. The highest BCUT2D eigenvalue weighted by Gasteiger charge is 2.09. The molecule has 0 fully saturated rings. The number of ether oxygens (including phenoxy) is 2. The van der Waals surface area contributed by atoms with Gasteiger partial charge in [0.15, 0.2) is 0 Å². The van der Waals surface area contributed by atoms with Gasteiger partial charge in [-0.2, -0.15) is 5.10 Å². The van der Waals surface area contributed by atoms with Gasteiger partial charge in [0.05, 0.1) is 19.9 Å². The molecule has 0 bridgehead atoms. The molecule has 0 spiro atoms. The topological polar surface area (TPSA) is 89.0 Å². The van der Waals surface area contributed by atoms with Crippen LogP contribution in [0.5, 0.6) is 11.5 Å².